The predicted octanol–water partition coefficient (Wildman–Crippen LogP) is 17.3. The van der Waals surface area contributed by atoms with E-state index >= 15 is 0 Å². The van der Waals surface area contributed by atoms with Gasteiger partial charge < -0.3 is 5.53 Å². The van der Waals surface area contributed by atoms with Crippen molar-refractivity contribution in [1.29, 1.82) is 0 Å². The van der Waals surface area contributed by atoms with E-state index in [4.69, 9.17) is 0 Å². The van der Waals surface area contributed by atoms with E-state index in [1.807, 2.05) is 0 Å². The standard InChI is InChI=1S/C49H74N2.2CH3.Ni/c1-5-9-13-15-17-19-21-23-25-28-34-42-36-30-32-39-44(42)48-46(38-12-8-4)47(41-27-11-7-3)49(51(48)50)45-40-33-31-37-43(45)35-29-26-24-22-20-18-16-14-10-6-2;;;/h23-26,30-33,36-37,39-40H,5-22,27-29,34-35,38,41H2,1-4H3;2*1H3;. The summed E-state index contributed by atoms with van der Waals surface area (Å²) < 4.78 is 1.62. The van der Waals surface area contributed by atoms with Crippen LogP contribution in [0.25, 0.3) is 16.9 Å². The summed E-state index contributed by atoms with van der Waals surface area (Å²) in [6, 6.07) is 17.8. The second-order valence-corrected chi connectivity index (χ2v) is 16.3. The van der Waals surface area contributed by atoms with Crippen molar-refractivity contribution in [2.24, 2.45) is 0 Å². The Labute approximate surface area is 340 Å². The van der Waals surface area contributed by atoms with E-state index in [-0.39, 0.29) is 0 Å². The summed E-state index contributed by atoms with van der Waals surface area (Å²) in [5.74, 6) is 4.12. The van der Waals surface area contributed by atoms with Crippen molar-refractivity contribution in [2.75, 3.05) is 0 Å². The number of hydrogen-bond donors (Lipinski definition) is 0. The van der Waals surface area contributed by atoms with Gasteiger partial charge in [-0.15, -0.1) is 0 Å². The third-order valence-corrected chi connectivity index (χ3v) is 10.7. The number of rotatable bonds is 29. The van der Waals surface area contributed by atoms with Gasteiger partial charge in [0.05, 0.1) is 0 Å². The number of nitrogens with zero attached hydrogens (tertiary/aromatic N) is 2. The van der Waals surface area contributed by atoms with E-state index in [0.29, 0.717) is 0 Å². The van der Waals surface area contributed by atoms with Crippen LogP contribution in [0.5, 0.6) is 0 Å². The molecule has 2 nitrogen and oxygen atoms in total. The molecule has 0 saturated heterocycles. The zero-order valence-corrected chi connectivity index (χ0v) is 36.8. The first kappa shape index (κ1) is 47.6. The molecule has 2 aromatic carbocycles. The molecule has 0 N–H and O–H groups in total. The maximum absolute atomic E-state index is 12.4. The molecule has 0 aromatic heterocycles. The first-order chi connectivity index (χ1) is 26.6. The fourth-order valence-electron chi connectivity index (χ4n) is 7.62. The van der Waals surface area contributed by atoms with Gasteiger partial charge >= 0.3 is 26.2 Å². The Kier molecular flexibility index (Phi) is 27.9. The van der Waals surface area contributed by atoms with Gasteiger partial charge in [0.15, 0.2) is 0 Å². The first-order valence-electron chi connectivity index (χ1n) is 22.2. The van der Waals surface area contributed by atoms with Crippen LogP contribution in [0.1, 0.15) is 198 Å². The summed E-state index contributed by atoms with van der Waals surface area (Å²) in [5.41, 5.74) is 22.3. The van der Waals surface area contributed by atoms with Gasteiger partial charge in [0, 0.05) is 22.3 Å². The number of hydrogen-bond acceptors (Lipinski definition) is 0. The Hall–Kier alpha value is -2.51. The topological polar surface area (TPSA) is 25.3 Å². The Bertz CT molecular complexity index is 1410. The normalized spacial score (nSPS) is 13.3. The molecule has 0 fully saturated rings. The van der Waals surface area contributed by atoms with Gasteiger partial charge in [-0.05, 0) is 100 Å². The van der Waals surface area contributed by atoms with Gasteiger partial charge in [0.1, 0.15) is 0 Å². The molecule has 0 spiro atoms. The third-order valence-electron chi connectivity index (χ3n) is 10.7. The summed E-state index contributed by atoms with van der Waals surface area (Å²) in [6.45, 7) is 9.14. The van der Waals surface area contributed by atoms with Crippen molar-refractivity contribution < 1.29 is 19.1 Å². The molecule has 0 amide bonds. The van der Waals surface area contributed by atoms with Crippen LogP contribution >= 0.6 is 0 Å². The van der Waals surface area contributed by atoms with Crippen LogP contribution in [0, 0.1) is 0 Å². The van der Waals surface area contributed by atoms with Gasteiger partial charge in [0.2, 0.25) is 11.4 Å². The molecule has 304 valence electrons. The fourth-order valence-corrected chi connectivity index (χ4v) is 7.62. The van der Waals surface area contributed by atoms with Crippen LogP contribution in [0.4, 0.5) is 0 Å². The van der Waals surface area contributed by atoms with E-state index in [0.717, 1.165) is 69.2 Å². The fraction of sp³-hybridized carbons (Fsp3) is 0.608. The van der Waals surface area contributed by atoms with E-state index in [1.165, 1.54) is 136 Å². The van der Waals surface area contributed by atoms with Crippen molar-refractivity contribution in [3.05, 3.63) is 112 Å². The predicted molar refractivity (Wildman–Crippen MR) is 237 cm³/mol. The molecule has 1 aliphatic rings. The summed E-state index contributed by atoms with van der Waals surface area (Å²) in [4.78, 5) is 0. The van der Waals surface area contributed by atoms with Crippen LogP contribution in [0.3, 0.4) is 0 Å². The molecule has 0 atom stereocenters. The second-order valence-electron chi connectivity index (χ2n) is 15.3. The molecular formula is C51H80N2Ni. The van der Waals surface area contributed by atoms with E-state index in [9.17, 15) is 5.53 Å². The molecule has 1 heterocycles. The molecule has 0 radical (unpaired) electrons. The molecule has 3 heteroatoms. The van der Waals surface area contributed by atoms with Crippen molar-refractivity contribution in [3.8, 4) is 0 Å². The molecule has 1 aliphatic heterocycles. The van der Waals surface area contributed by atoms with Crippen LogP contribution in [-0.2, 0) is 27.3 Å². The summed E-state index contributed by atoms with van der Waals surface area (Å²) in [7, 11) is 0. The Morgan fingerprint density at radius 1 is 0.444 bits per heavy atom. The molecule has 0 aliphatic carbocycles. The zero-order valence-electron chi connectivity index (χ0n) is 35.8. The number of benzene rings is 2. The van der Waals surface area contributed by atoms with Crippen molar-refractivity contribution in [1.82, 2.24) is 0 Å². The summed E-state index contributed by atoms with van der Waals surface area (Å²) >= 11 is 1.62. The second kappa shape index (κ2) is 31.7. The minimum atomic E-state index is 0.990. The quantitative estimate of drug-likeness (QED) is 0.0340. The van der Waals surface area contributed by atoms with Gasteiger partial charge in [-0.3, -0.25) is 0 Å². The Morgan fingerprint density at radius 3 is 1.24 bits per heavy atom. The number of aryl methyl sites for hydroxylation is 2. The molecular weight excluding hydrogens is 699 g/mol. The maximum atomic E-state index is 12.4. The number of unbranched alkanes of at least 4 members (excludes halogenated alkanes) is 15. The van der Waals surface area contributed by atoms with E-state index in [1.54, 1.807) is 19.1 Å². The van der Waals surface area contributed by atoms with Crippen molar-refractivity contribution in [3.63, 3.8) is 0 Å². The van der Waals surface area contributed by atoms with Crippen LogP contribution in [0.2, 0.25) is 11.8 Å². The van der Waals surface area contributed by atoms with Gasteiger partial charge in [-0.2, -0.15) is 0 Å². The van der Waals surface area contributed by atoms with Gasteiger partial charge in [-0.1, -0.05) is 172 Å². The summed E-state index contributed by atoms with van der Waals surface area (Å²) in [5, 5.41) is 0. The van der Waals surface area contributed by atoms with E-state index in [2.05, 4.69) is 112 Å². The first-order valence-corrected chi connectivity index (χ1v) is 24.2. The molecule has 3 rings (SSSR count). The van der Waals surface area contributed by atoms with Crippen LogP contribution < -0.4 is 0 Å². The molecule has 54 heavy (non-hydrogen) atoms. The molecule has 0 unspecified atom stereocenters. The minimum absolute atomic E-state index is 0.990. The Balaban J connectivity index is 0.00000325. The van der Waals surface area contributed by atoms with Crippen LogP contribution in [0.15, 0.2) is 84.0 Å². The number of allylic oxidation sites excluding steroid dienone is 6. The average Bonchev–Trinajstić information content (AvgIpc) is 3.45. The van der Waals surface area contributed by atoms with E-state index < -0.39 is 0 Å². The van der Waals surface area contributed by atoms with Gasteiger partial charge in [0.25, 0.3) is 0 Å². The SMILES string of the molecule is CCCCCCCCC=CCCc1ccccc1C1=C(CCCC)C(CCCCC)=C(c2ccccc2CCC=CCCCCCCCC)[N+]1=[N-].[CH3][Ni][CH3]. The van der Waals surface area contributed by atoms with Gasteiger partial charge in [-0.25, -0.2) is 4.70 Å². The molecule has 0 saturated carbocycles. The summed E-state index contributed by atoms with van der Waals surface area (Å²) in [6.07, 6.45) is 40.0. The molecule has 2 aromatic rings. The zero-order chi connectivity index (χ0) is 39.1. The average molecular weight is 780 g/mol. The molecule has 0 bridgehead atoms. The third kappa shape index (κ3) is 18.0. The van der Waals surface area contributed by atoms with Crippen molar-refractivity contribution >= 4 is 11.4 Å². The monoisotopic (exact) mass is 779 g/mol. The van der Waals surface area contributed by atoms with Crippen molar-refractivity contribution in [2.45, 2.75) is 200 Å². The van der Waals surface area contributed by atoms with Crippen LogP contribution in [-0.4, -0.2) is 4.70 Å². The Morgan fingerprint density at radius 2 is 0.796 bits per heavy atom.